The predicted octanol–water partition coefficient (Wildman–Crippen LogP) is 1.13. The van der Waals surface area contributed by atoms with Gasteiger partial charge in [-0.15, -0.1) is 11.3 Å². The van der Waals surface area contributed by atoms with Gasteiger partial charge in [0.25, 0.3) is 0 Å². The molecule has 0 aliphatic carbocycles. The van der Waals surface area contributed by atoms with Gasteiger partial charge in [-0.05, 0) is 0 Å². The Morgan fingerprint density at radius 1 is 1.37 bits per heavy atom. The van der Waals surface area contributed by atoms with Crippen LogP contribution in [0.4, 0.5) is 11.6 Å². The first kappa shape index (κ1) is 11.9. The second kappa shape index (κ2) is 5.21. The van der Waals surface area contributed by atoms with E-state index in [4.69, 9.17) is 5.84 Å². The minimum absolute atomic E-state index is 0.585. The molecule has 19 heavy (non-hydrogen) atoms. The van der Waals surface area contributed by atoms with E-state index < -0.39 is 0 Å². The van der Waals surface area contributed by atoms with Crippen molar-refractivity contribution >= 4 is 28.6 Å². The maximum atomic E-state index is 5.40. The van der Waals surface area contributed by atoms with E-state index in [9.17, 15) is 0 Å². The number of nitrogens with one attached hydrogen (secondary N) is 2. The Labute approximate surface area is 113 Å². The molecule has 0 spiro atoms. The summed E-state index contributed by atoms with van der Waals surface area (Å²) in [7, 11) is 0. The van der Waals surface area contributed by atoms with E-state index in [1.54, 1.807) is 23.7 Å². The molecule has 0 aromatic carbocycles. The van der Waals surface area contributed by atoms with Crippen LogP contribution in [0.15, 0.2) is 29.5 Å². The number of fused-ring (bicyclic) bond motifs is 1. The summed E-state index contributed by atoms with van der Waals surface area (Å²) < 4.78 is 1.87. The van der Waals surface area contributed by atoms with E-state index in [0.29, 0.717) is 11.6 Å². The number of nitrogens with two attached hydrogens (primary N) is 1. The van der Waals surface area contributed by atoms with E-state index in [2.05, 4.69) is 25.7 Å². The highest BCUT2D eigenvalue weighted by Gasteiger charge is 2.06. The lowest BCUT2D eigenvalue weighted by Crippen LogP contribution is -2.13. The van der Waals surface area contributed by atoms with Crippen LogP contribution >= 0.6 is 11.3 Å². The van der Waals surface area contributed by atoms with Gasteiger partial charge in [0.2, 0.25) is 0 Å². The number of hydrogen-bond donors (Lipinski definition) is 3. The van der Waals surface area contributed by atoms with E-state index in [-0.39, 0.29) is 0 Å². The van der Waals surface area contributed by atoms with E-state index in [0.717, 1.165) is 24.3 Å². The van der Waals surface area contributed by atoms with Gasteiger partial charge in [0, 0.05) is 30.7 Å². The third kappa shape index (κ3) is 2.49. The molecule has 3 rings (SSSR count). The first-order valence-corrected chi connectivity index (χ1v) is 6.72. The maximum Gasteiger partial charge on any atom is 0.180 e. The van der Waals surface area contributed by atoms with Crippen molar-refractivity contribution < 1.29 is 0 Å². The molecule has 0 amide bonds. The number of thiazole rings is 1. The highest BCUT2D eigenvalue weighted by Crippen LogP contribution is 2.15. The third-order valence-corrected chi connectivity index (χ3v) is 3.31. The second-order valence-corrected chi connectivity index (χ2v) is 4.65. The number of nitrogens with zero attached hydrogens (tertiary/aromatic N) is 4. The van der Waals surface area contributed by atoms with Crippen LogP contribution in [-0.4, -0.2) is 25.9 Å². The zero-order valence-corrected chi connectivity index (χ0v) is 10.9. The molecular formula is C11H13N7S. The molecule has 8 heteroatoms. The molecular weight excluding hydrogens is 262 g/mol. The fourth-order valence-corrected chi connectivity index (χ4v) is 2.38. The van der Waals surface area contributed by atoms with Gasteiger partial charge in [-0.25, -0.2) is 20.8 Å². The summed E-state index contributed by atoms with van der Waals surface area (Å²) in [5.74, 6) is 6.69. The molecule has 0 bridgehead atoms. The monoisotopic (exact) mass is 275 g/mol. The van der Waals surface area contributed by atoms with Gasteiger partial charge in [-0.3, -0.25) is 0 Å². The van der Waals surface area contributed by atoms with Gasteiger partial charge in [0.05, 0.1) is 17.4 Å². The molecule has 98 valence electrons. The molecule has 0 saturated carbocycles. The highest BCUT2D eigenvalue weighted by molar-refractivity contribution is 7.07. The van der Waals surface area contributed by atoms with Gasteiger partial charge >= 0.3 is 0 Å². The molecule has 3 aromatic heterocycles. The number of imidazole rings is 1. The van der Waals surface area contributed by atoms with E-state index in [1.165, 1.54) is 0 Å². The van der Waals surface area contributed by atoms with Crippen LogP contribution in [0, 0.1) is 0 Å². The number of anilines is 2. The fourth-order valence-electron chi connectivity index (χ4n) is 1.79. The summed E-state index contributed by atoms with van der Waals surface area (Å²) in [6.07, 6.45) is 6.21. The summed E-state index contributed by atoms with van der Waals surface area (Å²) in [6, 6.07) is 0. The Kier molecular flexibility index (Phi) is 3.25. The largest absolute Gasteiger partial charge is 0.367 e. The van der Waals surface area contributed by atoms with Crippen LogP contribution in [-0.2, 0) is 6.42 Å². The third-order valence-electron chi connectivity index (χ3n) is 2.68. The van der Waals surface area contributed by atoms with Crippen LogP contribution in [0.3, 0.4) is 0 Å². The van der Waals surface area contributed by atoms with Crippen LogP contribution < -0.4 is 16.6 Å². The fraction of sp³-hybridized carbons (Fsp3) is 0.182. The van der Waals surface area contributed by atoms with Gasteiger partial charge in [0.15, 0.2) is 17.3 Å². The summed E-state index contributed by atoms with van der Waals surface area (Å²) in [5.41, 5.74) is 6.22. The number of nitrogen functional groups attached to an aromatic ring is 1. The molecule has 4 N–H and O–H groups in total. The van der Waals surface area contributed by atoms with Gasteiger partial charge in [-0.2, -0.15) is 0 Å². The molecule has 0 radical (unpaired) electrons. The minimum Gasteiger partial charge on any atom is -0.367 e. The highest BCUT2D eigenvalue weighted by atomic mass is 32.1. The Hall–Kier alpha value is -2.19. The van der Waals surface area contributed by atoms with Crippen LogP contribution in [0.2, 0.25) is 0 Å². The van der Waals surface area contributed by atoms with Gasteiger partial charge < -0.3 is 15.1 Å². The molecule has 0 aliphatic rings. The normalized spacial score (nSPS) is 10.8. The minimum atomic E-state index is 0.585. The average molecular weight is 275 g/mol. The van der Waals surface area contributed by atoms with Gasteiger partial charge in [-0.1, -0.05) is 0 Å². The number of hydrogen-bond acceptors (Lipinski definition) is 7. The van der Waals surface area contributed by atoms with E-state index in [1.807, 2.05) is 21.5 Å². The Morgan fingerprint density at radius 2 is 2.32 bits per heavy atom. The van der Waals surface area contributed by atoms with E-state index >= 15 is 0 Å². The standard InChI is InChI=1S/C11H13N7S/c12-17-9-5-18-4-3-14-11(18)10(16-9)13-2-1-8-6-19-7-15-8/h3-7,17H,1-2,12H2,(H,13,16). The number of aromatic nitrogens is 4. The van der Waals surface area contributed by atoms with Crippen molar-refractivity contribution in [1.29, 1.82) is 0 Å². The van der Waals surface area contributed by atoms with Crippen molar-refractivity contribution in [2.24, 2.45) is 5.84 Å². The Bertz CT molecular complexity index is 661. The second-order valence-electron chi connectivity index (χ2n) is 3.93. The Balaban J connectivity index is 1.77. The van der Waals surface area contributed by atoms with Crippen LogP contribution in [0.25, 0.3) is 5.65 Å². The lowest BCUT2D eigenvalue weighted by atomic mass is 10.3. The number of rotatable bonds is 5. The van der Waals surface area contributed by atoms with Crippen LogP contribution in [0.1, 0.15) is 5.69 Å². The molecule has 3 heterocycles. The average Bonchev–Trinajstić information content (AvgIpc) is 3.08. The molecule has 7 nitrogen and oxygen atoms in total. The quantitative estimate of drug-likeness (QED) is 0.477. The topological polar surface area (TPSA) is 93.2 Å². The molecule has 0 aliphatic heterocycles. The molecule has 0 atom stereocenters. The molecule has 0 unspecified atom stereocenters. The molecule has 0 fully saturated rings. The Morgan fingerprint density at radius 3 is 3.11 bits per heavy atom. The summed E-state index contributed by atoms with van der Waals surface area (Å²) in [5, 5.41) is 5.30. The van der Waals surface area contributed by atoms with Crippen molar-refractivity contribution in [3.8, 4) is 0 Å². The molecule has 0 saturated heterocycles. The summed E-state index contributed by atoms with van der Waals surface area (Å²) >= 11 is 1.60. The van der Waals surface area contributed by atoms with Crippen molar-refractivity contribution in [2.45, 2.75) is 6.42 Å². The first-order valence-electron chi connectivity index (χ1n) is 5.78. The SMILES string of the molecule is NNc1cn2ccnc2c(NCCc2cscn2)n1. The zero-order chi connectivity index (χ0) is 13.1. The van der Waals surface area contributed by atoms with Crippen molar-refractivity contribution in [2.75, 3.05) is 17.3 Å². The first-order chi connectivity index (χ1) is 9.36. The van der Waals surface area contributed by atoms with Crippen molar-refractivity contribution in [3.05, 3.63) is 35.2 Å². The summed E-state index contributed by atoms with van der Waals surface area (Å²) in [4.78, 5) is 12.9. The maximum absolute atomic E-state index is 5.40. The smallest absolute Gasteiger partial charge is 0.180 e. The lowest BCUT2D eigenvalue weighted by Gasteiger charge is -2.08. The zero-order valence-electron chi connectivity index (χ0n) is 10.1. The lowest BCUT2D eigenvalue weighted by molar-refractivity contribution is 0.963. The van der Waals surface area contributed by atoms with Crippen LogP contribution in [0.5, 0.6) is 0 Å². The number of hydrazine groups is 1. The predicted molar refractivity (Wildman–Crippen MR) is 75.1 cm³/mol. The van der Waals surface area contributed by atoms with Gasteiger partial charge in [0.1, 0.15) is 0 Å². The molecule has 3 aromatic rings. The van der Waals surface area contributed by atoms with Crippen molar-refractivity contribution in [1.82, 2.24) is 19.4 Å². The summed E-state index contributed by atoms with van der Waals surface area (Å²) in [6.45, 7) is 0.743. The van der Waals surface area contributed by atoms with Crippen molar-refractivity contribution in [3.63, 3.8) is 0 Å².